The second-order valence-electron chi connectivity index (χ2n) is 3.44. The molecule has 1 rings (SSSR count). The number of hydrogen-bond donors (Lipinski definition) is 4. The van der Waals surface area contributed by atoms with Crippen molar-refractivity contribution in [3.05, 3.63) is 33.2 Å². The molecule has 0 atom stereocenters. The van der Waals surface area contributed by atoms with E-state index in [4.69, 9.17) is 17.3 Å². The summed E-state index contributed by atoms with van der Waals surface area (Å²) in [6.45, 7) is 3.49. The molecule has 0 aliphatic rings. The molecule has 6 heteroatoms. The van der Waals surface area contributed by atoms with Gasteiger partial charge in [-0.05, 0) is 25.5 Å². The van der Waals surface area contributed by atoms with Crippen LogP contribution in [0.2, 0.25) is 0 Å². The maximum atomic E-state index is 13.5. The fourth-order valence-electron chi connectivity index (χ4n) is 1.35. The van der Waals surface area contributed by atoms with Crippen LogP contribution in [0.25, 0.3) is 5.70 Å². The molecule has 0 amide bonds. The highest BCUT2D eigenvalue weighted by molar-refractivity contribution is 9.10. The van der Waals surface area contributed by atoms with Gasteiger partial charge in [-0.15, -0.1) is 0 Å². The Morgan fingerprint density at radius 2 is 2.06 bits per heavy atom. The maximum Gasteiger partial charge on any atom is 0.147 e. The number of rotatable bonds is 2. The van der Waals surface area contributed by atoms with Gasteiger partial charge in [-0.25, -0.2) is 4.39 Å². The molecule has 0 unspecified atom stereocenters. The lowest BCUT2D eigenvalue weighted by Crippen LogP contribution is -2.23. The SMILES string of the molecule is C/C(NN)=C(/N)c1c(C)c(Br)cc(F)c1N. The summed E-state index contributed by atoms with van der Waals surface area (Å²) < 4.78 is 14.1. The molecule has 1 aromatic rings. The molecule has 0 saturated carbocycles. The summed E-state index contributed by atoms with van der Waals surface area (Å²) in [7, 11) is 0. The number of hydrogen-bond acceptors (Lipinski definition) is 4. The fourth-order valence-corrected chi connectivity index (χ4v) is 1.75. The first-order valence-corrected chi connectivity index (χ1v) is 5.36. The minimum atomic E-state index is -0.514. The zero-order chi connectivity index (χ0) is 12.5. The third kappa shape index (κ3) is 2.12. The third-order valence-electron chi connectivity index (χ3n) is 2.40. The first-order valence-electron chi connectivity index (χ1n) is 4.57. The summed E-state index contributed by atoms with van der Waals surface area (Å²) in [5.74, 6) is 4.74. The van der Waals surface area contributed by atoms with Crippen molar-refractivity contribution in [2.24, 2.45) is 11.6 Å². The Labute approximate surface area is 102 Å². The normalized spacial score (nSPS) is 12.3. The number of nitrogen functional groups attached to an aromatic ring is 1. The van der Waals surface area contributed by atoms with Crippen molar-refractivity contribution in [3.8, 4) is 0 Å². The number of halogens is 2. The van der Waals surface area contributed by atoms with Crippen LogP contribution in [0.1, 0.15) is 18.1 Å². The van der Waals surface area contributed by atoms with Gasteiger partial charge in [-0.3, -0.25) is 5.84 Å². The van der Waals surface area contributed by atoms with Gasteiger partial charge in [0.1, 0.15) is 5.82 Å². The molecule has 0 aliphatic carbocycles. The lowest BCUT2D eigenvalue weighted by molar-refractivity contribution is 0.630. The van der Waals surface area contributed by atoms with E-state index < -0.39 is 5.82 Å². The smallest absolute Gasteiger partial charge is 0.147 e. The molecular formula is C10H14BrFN4. The summed E-state index contributed by atoms with van der Waals surface area (Å²) in [6, 6.07) is 1.31. The van der Waals surface area contributed by atoms with Crippen molar-refractivity contribution in [2.75, 3.05) is 5.73 Å². The Morgan fingerprint density at radius 3 is 2.56 bits per heavy atom. The van der Waals surface area contributed by atoms with Crippen LogP contribution in [-0.2, 0) is 0 Å². The number of hydrazine groups is 1. The Kier molecular flexibility index (Phi) is 3.77. The van der Waals surface area contributed by atoms with Gasteiger partial charge >= 0.3 is 0 Å². The Balaban J connectivity index is 3.56. The van der Waals surface area contributed by atoms with E-state index in [-0.39, 0.29) is 5.69 Å². The molecule has 4 nitrogen and oxygen atoms in total. The number of allylic oxidation sites excluding steroid dienone is 1. The molecule has 7 N–H and O–H groups in total. The first kappa shape index (κ1) is 12.8. The van der Waals surface area contributed by atoms with Gasteiger partial charge < -0.3 is 16.9 Å². The van der Waals surface area contributed by atoms with E-state index in [0.717, 1.165) is 5.56 Å². The van der Waals surface area contributed by atoms with Gasteiger partial charge in [-0.2, -0.15) is 0 Å². The van der Waals surface area contributed by atoms with Crippen LogP contribution in [-0.4, -0.2) is 0 Å². The predicted octanol–water partition coefficient (Wildman–Crippen LogP) is 1.59. The molecule has 88 valence electrons. The monoisotopic (exact) mass is 288 g/mol. The van der Waals surface area contributed by atoms with E-state index in [1.807, 2.05) is 0 Å². The molecular weight excluding hydrogens is 275 g/mol. The number of nitrogens with one attached hydrogen (secondary N) is 1. The van der Waals surface area contributed by atoms with E-state index in [1.165, 1.54) is 6.07 Å². The van der Waals surface area contributed by atoms with E-state index in [1.54, 1.807) is 13.8 Å². The van der Waals surface area contributed by atoms with Crippen molar-refractivity contribution in [2.45, 2.75) is 13.8 Å². The Morgan fingerprint density at radius 1 is 1.50 bits per heavy atom. The molecule has 0 saturated heterocycles. The molecule has 0 spiro atoms. The molecule has 1 aromatic carbocycles. The zero-order valence-electron chi connectivity index (χ0n) is 9.07. The van der Waals surface area contributed by atoms with Crippen molar-refractivity contribution in [3.63, 3.8) is 0 Å². The van der Waals surface area contributed by atoms with Crippen LogP contribution < -0.4 is 22.7 Å². The second-order valence-corrected chi connectivity index (χ2v) is 4.29. The van der Waals surface area contributed by atoms with E-state index in [2.05, 4.69) is 21.4 Å². The zero-order valence-corrected chi connectivity index (χ0v) is 10.7. The maximum absolute atomic E-state index is 13.5. The first-order chi connectivity index (χ1) is 7.40. The second kappa shape index (κ2) is 4.71. The number of anilines is 1. The van der Waals surface area contributed by atoms with E-state index in [9.17, 15) is 4.39 Å². The molecule has 0 fully saturated rings. The topological polar surface area (TPSA) is 90.1 Å². The third-order valence-corrected chi connectivity index (χ3v) is 3.23. The molecule has 0 bridgehead atoms. The minimum absolute atomic E-state index is 0.0211. The highest BCUT2D eigenvalue weighted by atomic mass is 79.9. The Hall–Kier alpha value is -1.27. The van der Waals surface area contributed by atoms with Gasteiger partial charge in [0.15, 0.2) is 0 Å². The van der Waals surface area contributed by atoms with Crippen LogP contribution >= 0.6 is 15.9 Å². The number of benzene rings is 1. The highest BCUT2D eigenvalue weighted by Crippen LogP contribution is 2.31. The fraction of sp³-hybridized carbons (Fsp3) is 0.200. The Bertz CT molecular complexity index is 430. The van der Waals surface area contributed by atoms with Crippen LogP contribution in [0.15, 0.2) is 16.2 Å². The van der Waals surface area contributed by atoms with E-state index >= 15 is 0 Å². The van der Waals surface area contributed by atoms with Crippen LogP contribution in [0, 0.1) is 12.7 Å². The van der Waals surface area contributed by atoms with Crippen molar-refractivity contribution >= 4 is 27.3 Å². The summed E-state index contributed by atoms with van der Waals surface area (Å²) in [6.07, 6.45) is 0. The highest BCUT2D eigenvalue weighted by Gasteiger charge is 2.15. The van der Waals surface area contributed by atoms with Gasteiger partial charge in [0, 0.05) is 15.7 Å². The molecule has 0 heterocycles. The predicted molar refractivity (Wildman–Crippen MR) is 67.4 cm³/mol. The minimum Gasteiger partial charge on any atom is -0.397 e. The van der Waals surface area contributed by atoms with Gasteiger partial charge in [0.05, 0.1) is 11.4 Å². The van der Waals surface area contributed by atoms with E-state index in [0.29, 0.717) is 21.4 Å². The van der Waals surface area contributed by atoms with Gasteiger partial charge in [-0.1, -0.05) is 15.9 Å². The standard InChI is InChI=1S/C10H14BrFN4/c1-4-6(11)3-7(12)10(14)8(4)9(13)5(2)16-15/h3,16H,13-15H2,1-2H3/b9-5-. The van der Waals surface area contributed by atoms with Gasteiger partial charge in [0.25, 0.3) is 0 Å². The molecule has 0 aliphatic heterocycles. The molecule has 0 radical (unpaired) electrons. The van der Waals surface area contributed by atoms with Crippen molar-refractivity contribution < 1.29 is 4.39 Å². The van der Waals surface area contributed by atoms with Crippen LogP contribution in [0.4, 0.5) is 10.1 Å². The van der Waals surface area contributed by atoms with Crippen LogP contribution in [0.3, 0.4) is 0 Å². The average molecular weight is 289 g/mol. The lowest BCUT2D eigenvalue weighted by atomic mass is 10.0. The summed E-state index contributed by atoms with van der Waals surface area (Å²) in [5, 5.41) is 0. The van der Waals surface area contributed by atoms with Gasteiger partial charge in [0.2, 0.25) is 0 Å². The summed E-state index contributed by atoms with van der Waals surface area (Å²) >= 11 is 3.25. The molecule has 0 aromatic heterocycles. The lowest BCUT2D eigenvalue weighted by Gasteiger charge is -2.14. The average Bonchev–Trinajstić information content (AvgIpc) is 2.25. The molecule has 16 heavy (non-hydrogen) atoms. The largest absolute Gasteiger partial charge is 0.397 e. The summed E-state index contributed by atoms with van der Waals surface area (Å²) in [4.78, 5) is 0. The quantitative estimate of drug-likeness (QED) is 0.378. The van der Waals surface area contributed by atoms with Crippen molar-refractivity contribution in [1.82, 2.24) is 5.43 Å². The summed E-state index contributed by atoms with van der Waals surface area (Å²) in [5.41, 5.74) is 16.1. The number of nitrogens with two attached hydrogens (primary N) is 3. The van der Waals surface area contributed by atoms with Crippen molar-refractivity contribution in [1.29, 1.82) is 0 Å². The van der Waals surface area contributed by atoms with Crippen LogP contribution in [0.5, 0.6) is 0 Å².